The SMILES string of the molecule is Cc1cnc2ccc(=O)n(CCN3CCC(NCc4cnc5c(n4)CCCC5)CC3)c2c1. The largest absolute Gasteiger partial charge is 0.308 e. The van der Waals surface area contributed by atoms with Gasteiger partial charge in [-0.3, -0.25) is 19.7 Å². The van der Waals surface area contributed by atoms with Crippen molar-refractivity contribution in [2.75, 3.05) is 19.6 Å². The lowest BCUT2D eigenvalue weighted by Crippen LogP contribution is -2.43. The lowest BCUT2D eigenvalue weighted by Gasteiger charge is -2.32. The summed E-state index contributed by atoms with van der Waals surface area (Å²) >= 11 is 0. The van der Waals surface area contributed by atoms with Gasteiger partial charge >= 0.3 is 0 Å². The van der Waals surface area contributed by atoms with Gasteiger partial charge in [0.25, 0.3) is 5.56 Å². The highest BCUT2D eigenvalue weighted by atomic mass is 16.1. The van der Waals surface area contributed by atoms with Crippen LogP contribution in [0.2, 0.25) is 0 Å². The van der Waals surface area contributed by atoms with Crippen LogP contribution in [0.4, 0.5) is 0 Å². The molecule has 1 N–H and O–H groups in total. The molecule has 0 spiro atoms. The Hall–Kier alpha value is -2.64. The molecule has 1 fully saturated rings. The first-order valence-corrected chi connectivity index (χ1v) is 11.9. The van der Waals surface area contributed by atoms with Crippen LogP contribution < -0.4 is 10.9 Å². The highest BCUT2D eigenvalue weighted by Gasteiger charge is 2.20. The molecule has 0 amide bonds. The van der Waals surface area contributed by atoms with Crippen molar-refractivity contribution in [1.82, 2.24) is 29.7 Å². The smallest absolute Gasteiger partial charge is 0.251 e. The molecular weight excluding hydrogens is 400 g/mol. The maximum atomic E-state index is 12.5. The average Bonchev–Trinajstić information content (AvgIpc) is 2.82. The van der Waals surface area contributed by atoms with E-state index in [0.717, 1.165) is 74.2 Å². The summed E-state index contributed by atoms with van der Waals surface area (Å²) < 4.78 is 1.87. The number of aromatic nitrogens is 4. The van der Waals surface area contributed by atoms with Crippen molar-refractivity contribution in [3.8, 4) is 0 Å². The number of hydrogen-bond acceptors (Lipinski definition) is 6. The Kier molecular flexibility index (Phi) is 6.28. The Bertz CT molecular complexity index is 1150. The number of rotatable bonds is 6. The second-order valence-corrected chi connectivity index (χ2v) is 9.20. The van der Waals surface area contributed by atoms with E-state index in [-0.39, 0.29) is 5.56 Å². The molecule has 2 aliphatic rings. The van der Waals surface area contributed by atoms with Gasteiger partial charge in [-0.1, -0.05) is 0 Å². The molecule has 3 aromatic rings. The molecule has 1 aliphatic heterocycles. The number of fused-ring (bicyclic) bond motifs is 2. The fourth-order valence-electron chi connectivity index (χ4n) is 4.92. The molecule has 32 heavy (non-hydrogen) atoms. The number of likely N-dealkylation sites (tertiary alicyclic amines) is 1. The minimum Gasteiger partial charge on any atom is -0.308 e. The molecule has 0 radical (unpaired) electrons. The molecule has 0 aromatic carbocycles. The summed E-state index contributed by atoms with van der Waals surface area (Å²) in [6, 6.07) is 6.02. The molecule has 5 rings (SSSR count). The maximum Gasteiger partial charge on any atom is 0.251 e. The van der Waals surface area contributed by atoms with Crippen molar-refractivity contribution in [3.05, 3.63) is 63.6 Å². The van der Waals surface area contributed by atoms with Crippen molar-refractivity contribution in [2.24, 2.45) is 0 Å². The zero-order valence-electron chi connectivity index (χ0n) is 18.9. The Morgan fingerprint density at radius 2 is 1.84 bits per heavy atom. The molecular formula is C25H32N6O. The Labute approximate surface area is 188 Å². The summed E-state index contributed by atoms with van der Waals surface area (Å²) in [4.78, 5) is 28.9. The van der Waals surface area contributed by atoms with Crippen LogP contribution in [-0.4, -0.2) is 50.1 Å². The molecule has 0 unspecified atom stereocenters. The number of hydrogen-bond donors (Lipinski definition) is 1. The first-order chi connectivity index (χ1) is 15.7. The minimum atomic E-state index is 0.0487. The van der Waals surface area contributed by atoms with Gasteiger partial charge in [0.2, 0.25) is 0 Å². The molecule has 0 saturated carbocycles. The van der Waals surface area contributed by atoms with E-state index in [4.69, 9.17) is 4.98 Å². The van der Waals surface area contributed by atoms with Gasteiger partial charge in [0, 0.05) is 37.9 Å². The van der Waals surface area contributed by atoms with E-state index in [1.807, 2.05) is 30.0 Å². The number of piperidine rings is 1. The first-order valence-electron chi connectivity index (χ1n) is 11.9. The molecule has 7 nitrogen and oxygen atoms in total. The highest BCUT2D eigenvalue weighted by Crippen LogP contribution is 2.18. The highest BCUT2D eigenvalue weighted by molar-refractivity contribution is 5.74. The van der Waals surface area contributed by atoms with E-state index >= 15 is 0 Å². The zero-order valence-corrected chi connectivity index (χ0v) is 18.9. The van der Waals surface area contributed by atoms with Crippen molar-refractivity contribution in [3.63, 3.8) is 0 Å². The van der Waals surface area contributed by atoms with Gasteiger partial charge in [0.15, 0.2) is 0 Å². The second kappa shape index (κ2) is 9.46. The summed E-state index contributed by atoms with van der Waals surface area (Å²) in [6.07, 6.45) is 10.7. The quantitative estimate of drug-likeness (QED) is 0.645. The van der Waals surface area contributed by atoms with Crippen LogP contribution in [0.5, 0.6) is 0 Å². The third kappa shape index (κ3) is 4.74. The molecule has 7 heteroatoms. The predicted octanol–water partition coefficient (Wildman–Crippen LogP) is 2.63. The Balaban J connectivity index is 1.13. The van der Waals surface area contributed by atoms with E-state index in [2.05, 4.69) is 26.3 Å². The van der Waals surface area contributed by atoms with Gasteiger partial charge < -0.3 is 14.8 Å². The van der Waals surface area contributed by atoms with Crippen LogP contribution in [0, 0.1) is 6.92 Å². The van der Waals surface area contributed by atoms with Gasteiger partial charge in [-0.2, -0.15) is 0 Å². The van der Waals surface area contributed by atoms with Crippen LogP contribution in [0.1, 0.15) is 48.3 Å². The number of nitrogens with one attached hydrogen (secondary N) is 1. The summed E-state index contributed by atoms with van der Waals surface area (Å²) in [5.41, 5.74) is 6.40. The van der Waals surface area contributed by atoms with Gasteiger partial charge in [-0.25, -0.2) is 0 Å². The molecule has 168 valence electrons. The Morgan fingerprint density at radius 1 is 1.03 bits per heavy atom. The fourth-order valence-corrected chi connectivity index (χ4v) is 4.92. The van der Waals surface area contributed by atoms with Crippen LogP contribution in [-0.2, 0) is 25.9 Å². The summed E-state index contributed by atoms with van der Waals surface area (Å²) in [7, 11) is 0. The third-order valence-electron chi connectivity index (χ3n) is 6.83. The third-order valence-corrected chi connectivity index (χ3v) is 6.83. The summed E-state index contributed by atoms with van der Waals surface area (Å²) in [6.45, 7) is 6.49. The summed E-state index contributed by atoms with van der Waals surface area (Å²) in [5, 5.41) is 3.69. The standard InChI is InChI=1S/C25H32N6O/c1-18-14-24-23(27-15-18)6-7-25(32)31(24)13-12-30-10-8-19(9-11-30)26-16-20-17-28-21-4-2-3-5-22(21)29-20/h6-7,14-15,17,19,26H,2-5,8-13,16H2,1H3. The maximum absolute atomic E-state index is 12.5. The van der Waals surface area contributed by atoms with Gasteiger partial charge in [-0.05, 0) is 76.2 Å². The molecule has 0 bridgehead atoms. The van der Waals surface area contributed by atoms with Crippen LogP contribution in [0.3, 0.4) is 0 Å². The molecule has 4 heterocycles. The summed E-state index contributed by atoms with van der Waals surface area (Å²) in [5.74, 6) is 0. The average molecular weight is 433 g/mol. The minimum absolute atomic E-state index is 0.0487. The van der Waals surface area contributed by atoms with Crippen LogP contribution in [0.25, 0.3) is 11.0 Å². The molecule has 0 atom stereocenters. The van der Waals surface area contributed by atoms with E-state index < -0.39 is 0 Å². The van der Waals surface area contributed by atoms with Crippen molar-refractivity contribution in [1.29, 1.82) is 0 Å². The van der Waals surface area contributed by atoms with Crippen molar-refractivity contribution < 1.29 is 0 Å². The molecule has 1 aliphatic carbocycles. The number of nitrogens with zero attached hydrogens (tertiary/aromatic N) is 5. The van der Waals surface area contributed by atoms with E-state index in [9.17, 15) is 4.79 Å². The lowest BCUT2D eigenvalue weighted by molar-refractivity contribution is 0.191. The van der Waals surface area contributed by atoms with Crippen molar-refractivity contribution >= 4 is 11.0 Å². The monoisotopic (exact) mass is 432 g/mol. The number of pyridine rings is 2. The van der Waals surface area contributed by atoms with Gasteiger partial charge in [0.1, 0.15) is 0 Å². The van der Waals surface area contributed by atoms with E-state index in [1.54, 1.807) is 6.07 Å². The van der Waals surface area contributed by atoms with Gasteiger partial charge in [-0.15, -0.1) is 0 Å². The predicted molar refractivity (Wildman–Crippen MR) is 126 cm³/mol. The first kappa shape index (κ1) is 21.2. The normalized spacial score (nSPS) is 17.5. The zero-order chi connectivity index (χ0) is 21.9. The van der Waals surface area contributed by atoms with Crippen LogP contribution >= 0.6 is 0 Å². The van der Waals surface area contributed by atoms with Crippen LogP contribution in [0.15, 0.2) is 35.4 Å². The number of aryl methyl sites for hydroxylation is 3. The van der Waals surface area contributed by atoms with Crippen molar-refractivity contribution in [2.45, 2.75) is 64.6 Å². The fraction of sp³-hybridized carbons (Fsp3) is 0.520. The van der Waals surface area contributed by atoms with E-state index in [0.29, 0.717) is 12.6 Å². The molecule has 1 saturated heterocycles. The van der Waals surface area contributed by atoms with E-state index in [1.165, 1.54) is 24.2 Å². The molecule has 3 aromatic heterocycles. The Morgan fingerprint density at radius 3 is 2.69 bits per heavy atom. The van der Waals surface area contributed by atoms with Gasteiger partial charge in [0.05, 0.1) is 34.3 Å². The topological polar surface area (TPSA) is 75.9 Å². The lowest BCUT2D eigenvalue weighted by atomic mass is 10.0. The second-order valence-electron chi connectivity index (χ2n) is 9.20.